The summed E-state index contributed by atoms with van der Waals surface area (Å²) in [6.07, 6.45) is 1.20. The average molecular weight is 316 g/mol. The lowest BCUT2D eigenvalue weighted by atomic mass is 10.3. The highest BCUT2D eigenvalue weighted by molar-refractivity contribution is 9.10. The van der Waals surface area contributed by atoms with Gasteiger partial charge in [0, 0.05) is 0 Å². The molecule has 13 heavy (non-hydrogen) atoms. The van der Waals surface area contributed by atoms with E-state index in [0.717, 1.165) is 0 Å². The lowest BCUT2D eigenvalue weighted by Gasteiger charge is -2.08. The first-order chi connectivity index (χ1) is 6.02. The van der Waals surface area contributed by atoms with Crippen molar-refractivity contribution < 1.29 is 14.3 Å². The van der Waals surface area contributed by atoms with Gasteiger partial charge >= 0.3 is 11.9 Å². The van der Waals surface area contributed by atoms with Gasteiger partial charge in [0.15, 0.2) is 0 Å². The Morgan fingerprint density at radius 3 is 1.62 bits per heavy atom. The van der Waals surface area contributed by atoms with Crippen LogP contribution in [0.4, 0.5) is 0 Å². The van der Waals surface area contributed by atoms with Crippen molar-refractivity contribution in [2.75, 3.05) is 0 Å². The summed E-state index contributed by atoms with van der Waals surface area (Å²) in [4.78, 5) is 21.4. The third kappa shape index (κ3) is 4.76. The summed E-state index contributed by atoms with van der Waals surface area (Å²) in [6, 6.07) is 0. The zero-order chi connectivity index (χ0) is 10.4. The molecule has 76 valence electrons. The highest BCUT2D eigenvalue weighted by Crippen LogP contribution is 2.11. The summed E-state index contributed by atoms with van der Waals surface area (Å²) in [5, 5.41) is 0. The predicted octanol–water partition coefficient (Wildman–Crippen LogP) is 2.40. The molecule has 0 aromatic rings. The third-order valence-corrected chi connectivity index (χ3v) is 3.47. The van der Waals surface area contributed by atoms with Crippen molar-refractivity contribution in [2.45, 2.75) is 36.3 Å². The molecule has 5 heteroatoms. The minimum Gasteiger partial charge on any atom is -0.391 e. The molecule has 0 aromatic carbocycles. The molecule has 0 aliphatic rings. The number of hydrogen-bond donors (Lipinski definition) is 0. The molecule has 0 aliphatic heterocycles. The third-order valence-electron chi connectivity index (χ3n) is 1.43. The SMILES string of the molecule is CC[C@@H](Br)C(=O)OC(=O)[C@@H](Br)CC. The second kappa shape index (κ2) is 6.54. The molecule has 0 spiro atoms. The lowest BCUT2D eigenvalue weighted by molar-refractivity contribution is -0.158. The molecule has 0 saturated heterocycles. The molecule has 0 heterocycles. The fourth-order valence-corrected chi connectivity index (χ4v) is 0.747. The molecule has 0 bridgehead atoms. The first-order valence-corrected chi connectivity index (χ1v) is 5.89. The second-order valence-electron chi connectivity index (χ2n) is 2.49. The maximum atomic E-state index is 11.1. The summed E-state index contributed by atoms with van der Waals surface area (Å²) in [6.45, 7) is 3.66. The van der Waals surface area contributed by atoms with Gasteiger partial charge in [0.2, 0.25) is 0 Å². The summed E-state index contributed by atoms with van der Waals surface area (Å²) in [5.41, 5.74) is 0. The summed E-state index contributed by atoms with van der Waals surface area (Å²) in [7, 11) is 0. The van der Waals surface area contributed by atoms with Crippen molar-refractivity contribution >= 4 is 43.8 Å². The second-order valence-corrected chi connectivity index (χ2v) is 4.70. The molecule has 0 unspecified atom stereocenters. The number of hydrogen-bond acceptors (Lipinski definition) is 3. The van der Waals surface area contributed by atoms with Crippen LogP contribution in [0, 0.1) is 0 Å². The minimum atomic E-state index is -0.523. The van der Waals surface area contributed by atoms with Gasteiger partial charge in [-0.1, -0.05) is 45.7 Å². The van der Waals surface area contributed by atoms with Crippen molar-refractivity contribution in [2.24, 2.45) is 0 Å². The van der Waals surface area contributed by atoms with Gasteiger partial charge in [-0.05, 0) is 12.8 Å². The zero-order valence-corrected chi connectivity index (χ0v) is 10.7. The van der Waals surface area contributed by atoms with Gasteiger partial charge in [0.1, 0.15) is 9.65 Å². The molecule has 0 saturated carbocycles. The first kappa shape index (κ1) is 13.1. The molecule has 0 fully saturated rings. The minimum absolute atomic E-state index is 0.395. The van der Waals surface area contributed by atoms with Crippen LogP contribution in [0.1, 0.15) is 26.7 Å². The number of halogens is 2. The molecule has 0 amide bonds. The van der Waals surface area contributed by atoms with Gasteiger partial charge < -0.3 is 4.74 Å². The van der Waals surface area contributed by atoms with Gasteiger partial charge in [-0.3, -0.25) is 9.59 Å². The van der Waals surface area contributed by atoms with E-state index in [4.69, 9.17) is 0 Å². The van der Waals surface area contributed by atoms with Crippen LogP contribution >= 0.6 is 31.9 Å². The van der Waals surface area contributed by atoms with E-state index in [1.807, 2.05) is 13.8 Å². The van der Waals surface area contributed by atoms with Crippen LogP contribution < -0.4 is 0 Å². The fraction of sp³-hybridized carbons (Fsp3) is 0.750. The largest absolute Gasteiger partial charge is 0.391 e. The number of alkyl halides is 2. The highest BCUT2D eigenvalue weighted by atomic mass is 79.9. The van der Waals surface area contributed by atoms with Gasteiger partial charge in [0.05, 0.1) is 0 Å². The van der Waals surface area contributed by atoms with E-state index in [1.165, 1.54) is 0 Å². The monoisotopic (exact) mass is 314 g/mol. The maximum absolute atomic E-state index is 11.1. The zero-order valence-electron chi connectivity index (χ0n) is 7.55. The van der Waals surface area contributed by atoms with Crippen molar-refractivity contribution in [3.8, 4) is 0 Å². The van der Waals surface area contributed by atoms with Crippen LogP contribution in [0.3, 0.4) is 0 Å². The van der Waals surface area contributed by atoms with E-state index in [2.05, 4.69) is 36.6 Å². The van der Waals surface area contributed by atoms with E-state index < -0.39 is 21.6 Å². The Bertz CT molecular complexity index is 174. The molecule has 0 aliphatic carbocycles. The smallest absolute Gasteiger partial charge is 0.327 e. The van der Waals surface area contributed by atoms with E-state index in [1.54, 1.807) is 0 Å². The van der Waals surface area contributed by atoms with Crippen molar-refractivity contribution in [1.29, 1.82) is 0 Å². The average Bonchev–Trinajstić information content (AvgIpc) is 2.14. The van der Waals surface area contributed by atoms with Crippen LogP contribution in [-0.4, -0.2) is 21.6 Å². The number of esters is 2. The fourth-order valence-electron chi connectivity index (χ4n) is 0.560. The molecule has 2 atom stereocenters. The first-order valence-electron chi connectivity index (χ1n) is 4.06. The standard InChI is InChI=1S/C8H12Br2O3/c1-3-5(9)7(11)13-8(12)6(10)4-2/h5-6H,3-4H2,1-2H3/t5-,6+. The Balaban J connectivity index is 3.99. The van der Waals surface area contributed by atoms with Crippen molar-refractivity contribution in [1.82, 2.24) is 0 Å². The van der Waals surface area contributed by atoms with Crippen LogP contribution in [0.25, 0.3) is 0 Å². The Hall–Kier alpha value is 0.1000. The topological polar surface area (TPSA) is 43.4 Å². The lowest BCUT2D eigenvalue weighted by Crippen LogP contribution is -2.25. The Morgan fingerprint density at radius 2 is 1.38 bits per heavy atom. The summed E-state index contributed by atoms with van der Waals surface area (Å²) < 4.78 is 4.58. The molecule has 0 rings (SSSR count). The molecule has 0 N–H and O–H groups in total. The predicted molar refractivity (Wildman–Crippen MR) is 57.1 cm³/mol. The van der Waals surface area contributed by atoms with E-state index in [9.17, 15) is 9.59 Å². The van der Waals surface area contributed by atoms with Crippen molar-refractivity contribution in [3.63, 3.8) is 0 Å². The highest BCUT2D eigenvalue weighted by Gasteiger charge is 2.21. The van der Waals surface area contributed by atoms with Crippen LogP contribution in [0.15, 0.2) is 0 Å². The van der Waals surface area contributed by atoms with Gasteiger partial charge in [0.25, 0.3) is 0 Å². The number of carbonyl (C=O) groups is 2. The quantitative estimate of drug-likeness (QED) is 0.454. The molecular weight excluding hydrogens is 304 g/mol. The van der Waals surface area contributed by atoms with E-state index >= 15 is 0 Å². The van der Waals surface area contributed by atoms with Crippen LogP contribution in [0.2, 0.25) is 0 Å². The summed E-state index contributed by atoms with van der Waals surface area (Å²) in [5.74, 6) is -1.05. The maximum Gasteiger partial charge on any atom is 0.327 e. The van der Waals surface area contributed by atoms with E-state index in [-0.39, 0.29) is 0 Å². The van der Waals surface area contributed by atoms with E-state index in [0.29, 0.717) is 12.8 Å². The number of ether oxygens (including phenoxy) is 1. The molecule has 0 aromatic heterocycles. The van der Waals surface area contributed by atoms with Gasteiger partial charge in [-0.25, -0.2) is 0 Å². The Morgan fingerprint density at radius 1 is 1.08 bits per heavy atom. The molecular formula is C8H12Br2O3. The van der Waals surface area contributed by atoms with Crippen LogP contribution in [0.5, 0.6) is 0 Å². The molecule has 3 nitrogen and oxygen atoms in total. The van der Waals surface area contributed by atoms with Gasteiger partial charge in [-0.2, -0.15) is 0 Å². The Labute approximate surface area is 94.5 Å². The van der Waals surface area contributed by atoms with Crippen molar-refractivity contribution in [3.05, 3.63) is 0 Å². The van der Waals surface area contributed by atoms with Gasteiger partial charge in [-0.15, -0.1) is 0 Å². The number of rotatable bonds is 4. The van der Waals surface area contributed by atoms with Crippen LogP contribution in [-0.2, 0) is 14.3 Å². The molecule has 0 radical (unpaired) electrons. The normalized spacial score (nSPS) is 14.8. The number of carbonyl (C=O) groups excluding carboxylic acids is 2. The Kier molecular flexibility index (Phi) is 6.59. The summed E-state index contributed by atoms with van der Waals surface area (Å²) >= 11 is 6.20.